The highest BCUT2D eigenvalue weighted by Gasteiger charge is 2.09. The van der Waals surface area contributed by atoms with Gasteiger partial charge in [-0.3, -0.25) is 18.9 Å². The van der Waals surface area contributed by atoms with Crippen LogP contribution in [0.3, 0.4) is 0 Å². The second kappa shape index (κ2) is 7.51. The minimum Gasteiger partial charge on any atom is -0.355 e. The Kier molecular flexibility index (Phi) is 5.68. The molecule has 2 rings (SSSR count). The number of amides is 1. The summed E-state index contributed by atoms with van der Waals surface area (Å²) in [6.45, 7) is 3.41. The highest BCUT2D eigenvalue weighted by Crippen LogP contribution is 2.09. The number of nitrogens with zero attached hydrogens (tertiary/aromatic N) is 3. The van der Waals surface area contributed by atoms with Gasteiger partial charge in [0.25, 0.3) is 5.56 Å². The van der Waals surface area contributed by atoms with Crippen LogP contribution < -0.4 is 10.9 Å². The third kappa shape index (κ3) is 4.38. The molecule has 6 nitrogen and oxygen atoms in total. The number of likely N-dealkylation sites (N-methyl/N-ethyl adjacent to an activating group) is 1. The summed E-state index contributed by atoms with van der Waals surface area (Å²) in [5.41, 5.74) is 1.11. The van der Waals surface area contributed by atoms with Gasteiger partial charge in [0.15, 0.2) is 0 Å². The van der Waals surface area contributed by atoms with Crippen molar-refractivity contribution < 1.29 is 4.79 Å². The van der Waals surface area contributed by atoms with E-state index in [1.165, 1.54) is 10.5 Å². The largest absolute Gasteiger partial charge is 0.355 e. The Bertz CT molecular complexity index is 729. The monoisotopic (exact) mass is 366 g/mol. The van der Waals surface area contributed by atoms with E-state index in [1.54, 1.807) is 12.3 Å². The second-order valence-electron chi connectivity index (χ2n) is 5.18. The molecule has 0 unspecified atom stereocenters. The quantitative estimate of drug-likeness (QED) is 0.839. The zero-order chi connectivity index (χ0) is 16.1. The van der Waals surface area contributed by atoms with Gasteiger partial charge in [-0.1, -0.05) is 6.92 Å². The fourth-order valence-electron chi connectivity index (χ4n) is 2.11. The summed E-state index contributed by atoms with van der Waals surface area (Å²) >= 11 is 3.33. The van der Waals surface area contributed by atoms with Crippen LogP contribution >= 0.6 is 15.9 Å². The average Bonchev–Trinajstić information content (AvgIpc) is 2.46. The van der Waals surface area contributed by atoms with Gasteiger partial charge in [-0.25, -0.2) is 4.98 Å². The number of carbonyl (C=O) groups is 1. The summed E-state index contributed by atoms with van der Waals surface area (Å²) in [5.74, 6) is -0.0224. The van der Waals surface area contributed by atoms with Gasteiger partial charge in [0.05, 0.1) is 12.2 Å². The Labute approximate surface area is 137 Å². The predicted octanol–water partition coefficient (Wildman–Crippen LogP) is 1.41. The first kappa shape index (κ1) is 16.6. The van der Waals surface area contributed by atoms with Crippen LogP contribution in [0.1, 0.15) is 19.0 Å². The lowest BCUT2D eigenvalue weighted by Gasteiger charge is -2.16. The SMILES string of the molecule is CCCNC(=O)CN(C)Cc1cc(=O)n2cc(Br)ccc2n1. The van der Waals surface area contributed by atoms with Gasteiger partial charge in [-0.15, -0.1) is 0 Å². The molecule has 1 amide bonds. The molecule has 0 aliphatic rings. The Morgan fingerprint density at radius 2 is 2.23 bits per heavy atom. The minimum atomic E-state index is -0.134. The molecule has 0 saturated heterocycles. The molecule has 2 aromatic heterocycles. The number of nitrogens with one attached hydrogen (secondary N) is 1. The first-order chi connectivity index (χ1) is 10.5. The second-order valence-corrected chi connectivity index (χ2v) is 6.10. The maximum absolute atomic E-state index is 12.1. The lowest BCUT2D eigenvalue weighted by Crippen LogP contribution is -2.35. The zero-order valence-corrected chi connectivity index (χ0v) is 14.3. The third-order valence-corrected chi connectivity index (χ3v) is 3.56. The average molecular weight is 367 g/mol. The van der Waals surface area contributed by atoms with Crippen molar-refractivity contribution in [1.82, 2.24) is 19.6 Å². The summed E-state index contributed by atoms with van der Waals surface area (Å²) in [4.78, 5) is 30.1. The first-order valence-electron chi connectivity index (χ1n) is 7.12. The molecule has 0 radical (unpaired) electrons. The van der Waals surface area contributed by atoms with Crippen molar-refractivity contribution in [3.8, 4) is 0 Å². The Morgan fingerprint density at radius 1 is 1.45 bits per heavy atom. The first-order valence-corrected chi connectivity index (χ1v) is 7.92. The van der Waals surface area contributed by atoms with E-state index in [0.29, 0.717) is 24.4 Å². The fourth-order valence-corrected chi connectivity index (χ4v) is 2.44. The standard InChI is InChI=1S/C15H19BrN4O2/c1-3-6-17-14(21)10-19(2)9-12-7-15(22)20-8-11(16)4-5-13(20)18-12/h4-5,7-8H,3,6,9-10H2,1-2H3,(H,17,21). The van der Waals surface area contributed by atoms with Gasteiger partial charge in [-0.2, -0.15) is 0 Å². The van der Waals surface area contributed by atoms with Gasteiger partial charge in [0, 0.05) is 29.8 Å². The zero-order valence-electron chi connectivity index (χ0n) is 12.7. The highest BCUT2D eigenvalue weighted by atomic mass is 79.9. The molecule has 1 N–H and O–H groups in total. The Balaban J connectivity index is 2.10. The van der Waals surface area contributed by atoms with Crippen LogP contribution in [-0.2, 0) is 11.3 Å². The topological polar surface area (TPSA) is 66.7 Å². The van der Waals surface area contributed by atoms with Crippen LogP contribution in [0.4, 0.5) is 0 Å². The van der Waals surface area contributed by atoms with E-state index in [0.717, 1.165) is 10.9 Å². The van der Waals surface area contributed by atoms with Crippen molar-refractivity contribution in [2.75, 3.05) is 20.1 Å². The van der Waals surface area contributed by atoms with E-state index in [4.69, 9.17) is 0 Å². The number of halogens is 1. The molecule has 0 fully saturated rings. The molecule has 0 bridgehead atoms. The van der Waals surface area contributed by atoms with Crippen LogP contribution in [-0.4, -0.2) is 40.3 Å². The molecule has 118 valence electrons. The van der Waals surface area contributed by atoms with Crippen molar-refractivity contribution in [2.45, 2.75) is 19.9 Å². The molecule has 0 saturated carbocycles. The van der Waals surface area contributed by atoms with Crippen LogP contribution in [0.5, 0.6) is 0 Å². The summed E-state index contributed by atoms with van der Waals surface area (Å²) in [6, 6.07) is 5.12. The number of fused-ring (bicyclic) bond motifs is 1. The maximum Gasteiger partial charge on any atom is 0.258 e. The van der Waals surface area contributed by atoms with Crippen LogP contribution in [0.25, 0.3) is 5.65 Å². The molecule has 22 heavy (non-hydrogen) atoms. The molecule has 0 aliphatic carbocycles. The lowest BCUT2D eigenvalue weighted by atomic mass is 10.3. The van der Waals surface area contributed by atoms with Gasteiger partial charge in [-0.05, 0) is 41.5 Å². The number of pyridine rings is 1. The van der Waals surface area contributed by atoms with E-state index in [9.17, 15) is 9.59 Å². The number of aromatic nitrogens is 2. The fraction of sp³-hybridized carbons (Fsp3) is 0.400. The predicted molar refractivity (Wildman–Crippen MR) is 88.8 cm³/mol. The van der Waals surface area contributed by atoms with E-state index in [2.05, 4.69) is 26.2 Å². The lowest BCUT2D eigenvalue weighted by molar-refractivity contribution is -0.122. The normalized spacial score (nSPS) is 11.1. The number of carbonyl (C=O) groups excluding carboxylic acids is 1. The summed E-state index contributed by atoms with van der Waals surface area (Å²) in [5, 5.41) is 2.82. The van der Waals surface area contributed by atoms with E-state index in [1.807, 2.05) is 24.9 Å². The third-order valence-electron chi connectivity index (χ3n) is 3.09. The van der Waals surface area contributed by atoms with Crippen molar-refractivity contribution in [3.63, 3.8) is 0 Å². The summed E-state index contributed by atoms with van der Waals surface area (Å²) < 4.78 is 2.31. The van der Waals surface area contributed by atoms with Gasteiger partial charge in [0.2, 0.25) is 5.91 Å². The molecule has 2 aromatic rings. The van der Waals surface area contributed by atoms with Crippen LogP contribution in [0.15, 0.2) is 33.7 Å². The number of hydrogen-bond donors (Lipinski definition) is 1. The highest BCUT2D eigenvalue weighted by molar-refractivity contribution is 9.10. The molecule has 7 heteroatoms. The van der Waals surface area contributed by atoms with E-state index >= 15 is 0 Å². The molecule has 0 atom stereocenters. The van der Waals surface area contributed by atoms with Gasteiger partial charge < -0.3 is 5.32 Å². The molecule has 0 spiro atoms. The van der Waals surface area contributed by atoms with Crippen molar-refractivity contribution in [2.24, 2.45) is 0 Å². The number of rotatable bonds is 6. The van der Waals surface area contributed by atoms with Gasteiger partial charge >= 0.3 is 0 Å². The van der Waals surface area contributed by atoms with Crippen molar-refractivity contribution in [3.05, 3.63) is 44.9 Å². The Morgan fingerprint density at radius 3 is 2.95 bits per heavy atom. The maximum atomic E-state index is 12.1. The molecule has 2 heterocycles. The minimum absolute atomic E-state index is 0.0224. The Hall–Kier alpha value is -1.73. The van der Waals surface area contributed by atoms with E-state index in [-0.39, 0.29) is 18.0 Å². The molecular weight excluding hydrogens is 348 g/mol. The van der Waals surface area contributed by atoms with E-state index < -0.39 is 0 Å². The molecule has 0 aromatic carbocycles. The van der Waals surface area contributed by atoms with Crippen molar-refractivity contribution in [1.29, 1.82) is 0 Å². The van der Waals surface area contributed by atoms with Crippen LogP contribution in [0.2, 0.25) is 0 Å². The molecule has 0 aliphatic heterocycles. The smallest absolute Gasteiger partial charge is 0.258 e. The van der Waals surface area contributed by atoms with Gasteiger partial charge in [0.1, 0.15) is 5.65 Å². The van der Waals surface area contributed by atoms with Crippen molar-refractivity contribution >= 4 is 27.5 Å². The summed E-state index contributed by atoms with van der Waals surface area (Å²) in [7, 11) is 1.83. The van der Waals surface area contributed by atoms with Crippen LogP contribution in [0, 0.1) is 0 Å². The summed E-state index contributed by atoms with van der Waals surface area (Å²) in [6.07, 6.45) is 2.60. The number of hydrogen-bond acceptors (Lipinski definition) is 4. The molecular formula is C15H19BrN4O2.